The van der Waals surface area contributed by atoms with Gasteiger partial charge in [-0.2, -0.15) is 9.98 Å². The van der Waals surface area contributed by atoms with Crippen LogP contribution in [-0.2, 0) is 14.8 Å². The quantitative estimate of drug-likeness (QED) is 0.350. The fourth-order valence-corrected chi connectivity index (χ4v) is 5.86. The second-order valence-corrected chi connectivity index (χ2v) is 11.0. The molecular weight excluding hydrogens is 440 g/mol. The van der Waals surface area contributed by atoms with Crippen molar-refractivity contribution in [2.45, 2.75) is 74.8 Å². The molecule has 1 aliphatic carbocycles. The van der Waals surface area contributed by atoms with E-state index in [0.29, 0.717) is 32.4 Å². The number of likely N-dealkylation sites (tertiary alicyclic amines) is 1. The van der Waals surface area contributed by atoms with Crippen LogP contribution in [0.2, 0.25) is 0 Å². The van der Waals surface area contributed by atoms with Crippen molar-refractivity contribution in [2.75, 3.05) is 13.1 Å². The Hall–Kier alpha value is -2.64. The largest absolute Gasteiger partial charge is 0.370 e. The number of rotatable bonds is 7. The van der Waals surface area contributed by atoms with E-state index >= 15 is 0 Å². The number of nitrogens with zero attached hydrogens (tertiary/aromatic N) is 2. The molecular formula is C23H34N6O3S. The molecule has 1 amide bonds. The van der Waals surface area contributed by atoms with Gasteiger partial charge in [0.05, 0.1) is 11.0 Å². The Labute approximate surface area is 196 Å². The average molecular weight is 475 g/mol. The maximum atomic E-state index is 13.4. The van der Waals surface area contributed by atoms with Crippen molar-refractivity contribution in [1.29, 1.82) is 10.7 Å². The zero-order valence-corrected chi connectivity index (χ0v) is 20.0. The summed E-state index contributed by atoms with van der Waals surface area (Å²) in [6, 6.07) is 7.76. The van der Waals surface area contributed by atoms with Gasteiger partial charge < -0.3 is 16.0 Å². The molecule has 1 saturated carbocycles. The van der Waals surface area contributed by atoms with Crippen molar-refractivity contribution in [3.63, 3.8) is 0 Å². The summed E-state index contributed by atoms with van der Waals surface area (Å²) >= 11 is 0. The molecule has 10 heteroatoms. The standard InChI is InChI=1S/C23H34N6O3S/c1-17-7-9-19(10-8-17)33(31,32)28-20(15-18-5-3-2-4-6-18)21(30)27-23(16-24)11-13-29(14-12-23)22(25)26/h7-10,18,20,28H,2-6,11-15H2,1H3,(H3,25,26)(H,27,30). The van der Waals surface area contributed by atoms with Gasteiger partial charge in [-0.15, -0.1) is 0 Å². The van der Waals surface area contributed by atoms with Gasteiger partial charge in [-0.1, -0.05) is 49.8 Å². The van der Waals surface area contributed by atoms with E-state index in [0.717, 1.165) is 37.7 Å². The molecule has 0 spiro atoms. The van der Waals surface area contributed by atoms with Crippen LogP contribution >= 0.6 is 0 Å². The Morgan fingerprint density at radius 1 is 1.24 bits per heavy atom. The van der Waals surface area contributed by atoms with Gasteiger partial charge in [0, 0.05) is 25.9 Å². The molecule has 33 heavy (non-hydrogen) atoms. The molecule has 1 heterocycles. The second kappa shape index (κ2) is 10.5. The van der Waals surface area contributed by atoms with E-state index in [1.54, 1.807) is 17.0 Å². The molecule has 1 atom stereocenters. The fraction of sp³-hybridized carbons (Fsp3) is 0.609. The molecule has 1 aliphatic heterocycles. The number of nitrogens with two attached hydrogens (primary N) is 1. The van der Waals surface area contributed by atoms with Crippen LogP contribution in [-0.4, -0.2) is 49.9 Å². The first-order chi connectivity index (χ1) is 15.6. The summed E-state index contributed by atoms with van der Waals surface area (Å²) in [4.78, 5) is 15.1. The van der Waals surface area contributed by atoms with Gasteiger partial charge in [-0.25, -0.2) is 8.42 Å². The highest BCUT2D eigenvalue weighted by atomic mass is 32.2. The molecule has 0 radical (unpaired) electrons. The third-order valence-electron chi connectivity index (χ3n) is 6.77. The van der Waals surface area contributed by atoms with Gasteiger partial charge in [-0.3, -0.25) is 10.2 Å². The third kappa shape index (κ3) is 6.45. The minimum absolute atomic E-state index is 0.0612. The Balaban J connectivity index is 1.78. The van der Waals surface area contributed by atoms with Gasteiger partial charge >= 0.3 is 0 Å². The molecule has 1 aromatic carbocycles. The number of hydrogen-bond donors (Lipinski definition) is 4. The average Bonchev–Trinajstić information content (AvgIpc) is 2.79. The summed E-state index contributed by atoms with van der Waals surface area (Å²) in [6.07, 6.45) is 6.27. The topological polar surface area (TPSA) is 152 Å². The summed E-state index contributed by atoms with van der Waals surface area (Å²) in [6.45, 7) is 2.64. The maximum absolute atomic E-state index is 13.4. The number of sulfonamides is 1. The van der Waals surface area contributed by atoms with E-state index < -0.39 is 27.5 Å². The van der Waals surface area contributed by atoms with Crippen LogP contribution < -0.4 is 15.8 Å². The number of nitriles is 1. The van der Waals surface area contributed by atoms with Gasteiger partial charge in [0.25, 0.3) is 0 Å². The summed E-state index contributed by atoms with van der Waals surface area (Å²) in [5.41, 5.74) is 5.38. The monoisotopic (exact) mass is 474 g/mol. The first kappa shape index (κ1) is 25.0. The number of piperidine rings is 1. The Kier molecular flexibility index (Phi) is 7.97. The lowest BCUT2D eigenvalue weighted by atomic mass is 9.84. The van der Waals surface area contributed by atoms with Crippen molar-refractivity contribution in [3.05, 3.63) is 29.8 Å². The highest BCUT2D eigenvalue weighted by Gasteiger charge is 2.39. The molecule has 5 N–H and O–H groups in total. The number of aryl methyl sites for hydroxylation is 1. The van der Waals surface area contributed by atoms with Crippen LogP contribution in [0.4, 0.5) is 0 Å². The van der Waals surface area contributed by atoms with Crippen molar-refractivity contribution in [3.8, 4) is 6.07 Å². The normalized spacial score (nSPS) is 19.9. The van der Waals surface area contributed by atoms with Gasteiger partial charge in [-0.05, 0) is 31.4 Å². The summed E-state index contributed by atoms with van der Waals surface area (Å²) < 4.78 is 28.7. The fourth-order valence-electron chi connectivity index (χ4n) is 4.65. The van der Waals surface area contributed by atoms with Gasteiger partial charge in [0.1, 0.15) is 11.6 Å². The molecule has 0 bridgehead atoms. The van der Waals surface area contributed by atoms with Crippen molar-refractivity contribution in [1.82, 2.24) is 14.9 Å². The Morgan fingerprint density at radius 2 is 1.85 bits per heavy atom. The van der Waals surface area contributed by atoms with E-state index in [2.05, 4.69) is 16.1 Å². The van der Waals surface area contributed by atoms with Gasteiger partial charge in [0.15, 0.2) is 5.96 Å². The minimum atomic E-state index is -3.91. The molecule has 1 saturated heterocycles. The van der Waals surface area contributed by atoms with Gasteiger partial charge in [0.2, 0.25) is 15.9 Å². The predicted molar refractivity (Wildman–Crippen MR) is 126 cm³/mol. The summed E-state index contributed by atoms with van der Waals surface area (Å²) in [5.74, 6) is -0.282. The third-order valence-corrected chi connectivity index (χ3v) is 8.26. The molecule has 1 aromatic rings. The van der Waals surface area contributed by atoms with E-state index in [1.165, 1.54) is 12.1 Å². The summed E-state index contributed by atoms with van der Waals surface area (Å²) in [7, 11) is -3.91. The number of nitrogens with one attached hydrogen (secondary N) is 3. The first-order valence-corrected chi connectivity index (χ1v) is 13.0. The zero-order chi connectivity index (χ0) is 24.1. The number of guanidine groups is 1. The summed E-state index contributed by atoms with van der Waals surface area (Å²) in [5, 5.41) is 20.3. The highest BCUT2D eigenvalue weighted by Crippen LogP contribution is 2.29. The molecule has 1 unspecified atom stereocenters. The lowest BCUT2D eigenvalue weighted by Crippen LogP contribution is -2.60. The van der Waals surface area contributed by atoms with Crippen molar-refractivity contribution < 1.29 is 13.2 Å². The van der Waals surface area contributed by atoms with Crippen molar-refractivity contribution in [2.24, 2.45) is 11.7 Å². The number of amides is 1. The highest BCUT2D eigenvalue weighted by molar-refractivity contribution is 7.89. The van der Waals surface area contributed by atoms with Crippen LogP contribution in [0, 0.1) is 29.6 Å². The number of benzene rings is 1. The van der Waals surface area contributed by atoms with Crippen LogP contribution in [0.15, 0.2) is 29.2 Å². The second-order valence-electron chi connectivity index (χ2n) is 9.28. The molecule has 9 nitrogen and oxygen atoms in total. The molecule has 3 rings (SSSR count). The molecule has 2 fully saturated rings. The lowest BCUT2D eigenvalue weighted by Gasteiger charge is -2.38. The Morgan fingerprint density at radius 3 is 2.39 bits per heavy atom. The molecule has 0 aromatic heterocycles. The number of hydrogen-bond acceptors (Lipinski definition) is 5. The maximum Gasteiger partial charge on any atom is 0.241 e. The first-order valence-electron chi connectivity index (χ1n) is 11.6. The van der Waals surface area contributed by atoms with Crippen LogP contribution in [0.3, 0.4) is 0 Å². The van der Waals surface area contributed by atoms with E-state index in [9.17, 15) is 18.5 Å². The lowest BCUT2D eigenvalue weighted by molar-refractivity contribution is -0.125. The SMILES string of the molecule is Cc1ccc(S(=O)(=O)NC(CC2CCCCC2)C(=O)NC2(C#N)CCN(C(=N)N)CC2)cc1. The number of carbonyl (C=O) groups excluding carboxylic acids is 1. The van der Waals surface area contributed by atoms with E-state index in [4.69, 9.17) is 11.1 Å². The zero-order valence-electron chi connectivity index (χ0n) is 19.1. The van der Waals surface area contributed by atoms with Crippen LogP contribution in [0.5, 0.6) is 0 Å². The predicted octanol–water partition coefficient (Wildman–Crippen LogP) is 1.98. The van der Waals surface area contributed by atoms with Crippen LogP contribution in [0.25, 0.3) is 0 Å². The van der Waals surface area contributed by atoms with E-state index in [-0.39, 0.29) is 16.8 Å². The molecule has 180 valence electrons. The molecule has 2 aliphatic rings. The van der Waals surface area contributed by atoms with Crippen molar-refractivity contribution >= 4 is 21.9 Å². The van der Waals surface area contributed by atoms with Crippen LogP contribution in [0.1, 0.15) is 56.9 Å². The number of carbonyl (C=O) groups is 1. The smallest absolute Gasteiger partial charge is 0.241 e. The minimum Gasteiger partial charge on any atom is -0.370 e. The van der Waals surface area contributed by atoms with E-state index in [1.807, 2.05) is 6.92 Å². The Bertz CT molecular complexity index is 988.